The number of anilines is 1. The molecule has 3 rings (SSSR count). The van der Waals surface area contributed by atoms with Crippen molar-refractivity contribution < 1.29 is 5.11 Å². The third-order valence-corrected chi connectivity index (χ3v) is 3.61. The molecule has 6 nitrogen and oxygen atoms in total. The van der Waals surface area contributed by atoms with Crippen molar-refractivity contribution in [3.63, 3.8) is 0 Å². The molecule has 2 N–H and O–H groups in total. The van der Waals surface area contributed by atoms with Gasteiger partial charge in [-0.05, 0) is 48.7 Å². The Labute approximate surface area is 111 Å². The Bertz CT molecular complexity index is 559. The van der Waals surface area contributed by atoms with Crippen molar-refractivity contribution in [3.8, 4) is 5.69 Å². The van der Waals surface area contributed by atoms with Gasteiger partial charge in [-0.1, -0.05) is 22.8 Å². The van der Waals surface area contributed by atoms with E-state index < -0.39 is 5.60 Å². The van der Waals surface area contributed by atoms with E-state index in [1.54, 1.807) is 4.68 Å². The quantitative estimate of drug-likeness (QED) is 0.865. The molecule has 0 saturated heterocycles. The molecular weight excluding hydrogens is 242 g/mol. The predicted octanol–water partition coefficient (Wildman–Crippen LogP) is 1.30. The van der Waals surface area contributed by atoms with Crippen molar-refractivity contribution in [2.75, 3.05) is 11.9 Å². The second-order valence-electron chi connectivity index (χ2n) is 5.18. The van der Waals surface area contributed by atoms with Gasteiger partial charge in [-0.15, -0.1) is 0 Å². The van der Waals surface area contributed by atoms with E-state index in [1.807, 2.05) is 31.2 Å². The fourth-order valence-corrected chi connectivity index (χ4v) is 2.16. The molecule has 0 amide bonds. The summed E-state index contributed by atoms with van der Waals surface area (Å²) in [5.41, 5.74) is 1.50. The minimum absolute atomic E-state index is 0.485. The largest absolute Gasteiger partial charge is 0.388 e. The van der Waals surface area contributed by atoms with Gasteiger partial charge in [0.05, 0.1) is 11.3 Å². The van der Waals surface area contributed by atoms with Gasteiger partial charge in [0.2, 0.25) is 5.95 Å². The lowest BCUT2D eigenvalue weighted by molar-refractivity contribution is -0.0203. The van der Waals surface area contributed by atoms with Crippen LogP contribution in [0.5, 0.6) is 0 Å². The number of aryl methyl sites for hydroxylation is 1. The van der Waals surface area contributed by atoms with Gasteiger partial charge >= 0.3 is 0 Å². The molecule has 0 bridgehead atoms. The molecule has 19 heavy (non-hydrogen) atoms. The molecule has 6 heteroatoms. The zero-order chi connectivity index (χ0) is 13.3. The SMILES string of the molecule is Cc1ccc(-n2nnnc2NCC2(O)CCC2)cc1. The second-order valence-corrected chi connectivity index (χ2v) is 5.18. The molecule has 1 fully saturated rings. The van der Waals surface area contributed by atoms with Gasteiger partial charge in [-0.2, -0.15) is 4.68 Å². The van der Waals surface area contributed by atoms with E-state index in [0.717, 1.165) is 24.9 Å². The van der Waals surface area contributed by atoms with E-state index in [9.17, 15) is 5.11 Å². The number of tetrazole rings is 1. The first kappa shape index (κ1) is 12.1. The molecule has 0 spiro atoms. The van der Waals surface area contributed by atoms with E-state index in [4.69, 9.17) is 0 Å². The summed E-state index contributed by atoms with van der Waals surface area (Å²) in [5.74, 6) is 0.559. The maximum Gasteiger partial charge on any atom is 0.247 e. The average molecular weight is 259 g/mol. The number of hydrogen-bond donors (Lipinski definition) is 2. The van der Waals surface area contributed by atoms with Crippen LogP contribution in [-0.2, 0) is 0 Å². The van der Waals surface area contributed by atoms with Gasteiger partial charge in [0, 0.05) is 6.54 Å². The first-order valence-corrected chi connectivity index (χ1v) is 6.48. The highest BCUT2D eigenvalue weighted by molar-refractivity contribution is 5.40. The Kier molecular flexibility index (Phi) is 2.94. The van der Waals surface area contributed by atoms with Crippen LogP contribution in [0.1, 0.15) is 24.8 Å². The van der Waals surface area contributed by atoms with Crippen LogP contribution in [0, 0.1) is 6.92 Å². The van der Waals surface area contributed by atoms with Crippen LogP contribution in [0.2, 0.25) is 0 Å². The van der Waals surface area contributed by atoms with E-state index in [2.05, 4.69) is 20.8 Å². The Morgan fingerprint density at radius 2 is 2.05 bits per heavy atom. The first-order chi connectivity index (χ1) is 9.16. The Balaban J connectivity index is 1.76. The molecule has 1 saturated carbocycles. The topological polar surface area (TPSA) is 75.9 Å². The average Bonchev–Trinajstić information content (AvgIpc) is 2.83. The number of rotatable bonds is 4. The van der Waals surface area contributed by atoms with Crippen LogP contribution in [0.3, 0.4) is 0 Å². The predicted molar refractivity (Wildman–Crippen MR) is 71.2 cm³/mol. The second kappa shape index (κ2) is 4.62. The van der Waals surface area contributed by atoms with Crippen molar-refractivity contribution in [3.05, 3.63) is 29.8 Å². The fraction of sp³-hybridized carbons (Fsp3) is 0.462. The molecule has 100 valence electrons. The molecule has 0 aliphatic heterocycles. The summed E-state index contributed by atoms with van der Waals surface area (Å²) in [6.07, 6.45) is 2.76. The lowest BCUT2D eigenvalue weighted by Crippen LogP contribution is -2.43. The van der Waals surface area contributed by atoms with Gasteiger partial charge in [-0.3, -0.25) is 0 Å². The van der Waals surface area contributed by atoms with Gasteiger partial charge in [0.1, 0.15) is 0 Å². The summed E-state index contributed by atoms with van der Waals surface area (Å²) in [7, 11) is 0. The third-order valence-electron chi connectivity index (χ3n) is 3.61. The van der Waals surface area contributed by atoms with Crippen LogP contribution >= 0.6 is 0 Å². The van der Waals surface area contributed by atoms with Gasteiger partial charge in [0.25, 0.3) is 0 Å². The summed E-state index contributed by atoms with van der Waals surface area (Å²) in [5, 5.41) is 24.8. The molecule has 1 aromatic heterocycles. The smallest absolute Gasteiger partial charge is 0.247 e. The Morgan fingerprint density at radius 3 is 2.68 bits per heavy atom. The van der Waals surface area contributed by atoms with E-state index in [1.165, 1.54) is 5.56 Å². The van der Waals surface area contributed by atoms with Crippen molar-refractivity contribution in [2.45, 2.75) is 31.8 Å². The zero-order valence-electron chi connectivity index (χ0n) is 10.9. The molecular formula is C13H17N5O. The number of aliphatic hydroxyl groups is 1. The summed E-state index contributed by atoms with van der Waals surface area (Å²) >= 11 is 0. The van der Waals surface area contributed by atoms with Crippen LogP contribution in [-0.4, -0.2) is 37.5 Å². The Hall–Kier alpha value is -1.95. The minimum Gasteiger partial charge on any atom is -0.388 e. The van der Waals surface area contributed by atoms with E-state index >= 15 is 0 Å². The van der Waals surface area contributed by atoms with E-state index in [0.29, 0.717) is 12.5 Å². The van der Waals surface area contributed by atoms with Crippen LogP contribution < -0.4 is 5.32 Å². The lowest BCUT2D eigenvalue weighted by Gasteiger charge is -2.36. The standard InChI is InChI=1S/C13H17N5O/c1-10-3-5-11(6-4-10)18-12(15-16-17-18)14-9-13(19)7-2-8-13/h3-6,19H,2,7-9H2,1H3,(H,14,15,17). The summed E-state index contributed by atoms with van der Waals surface area (Å²) in [6, 6.07) is 7.96. The molecule has 0 radical (unpaired) electrons. The molecule has 2 aromatic rings. The zero-order valence-corrected chi connectivity index (χ0v) is 10.9. The summed E-state index contributed by atoms with van der Waals surface area (Å²) in [6.45, 7) is 2.52. The van der Waals surface area contributed by atoms with E-state index in [-0.39, 0.29) is 0 Å². The van der Waals surface area contributed by atoms with Crippen LogP contribution in [0.15, 0.2) is 24.3 Å². The molecule has 1 aliphatic rings. The van der Waals surface area contributed by atoms with Gasteiger partial charge < -0.3 is 10.4 Å². The maximum absolute atomic E-state index is 10.1. The van der Waals surface area contributed by atoms with Crippen LogP contribution in [0.4, 0.5) is 5.95 Å². The molecule has 1 aliphatic carbocycles. The molecule has 1 aromatic carbocycles. The normalized spacial score (nSPS) is 16.9. The summed E-state index contributed by atoms with van der Waals surface area (Å²) < 4.78 is 1.64. The number of nitrogens with one attached hydrogen (secondary N) is 1. The van der Waals surface area contributed by atoms with Gasteiger partial charge in [0.15, 0.2) is 0 Å². The van der Waals surface area contributed by atoms with Crippen molar-refractivity contribution >= 4 is 5.95 Å². The minimum atomic E-state index is -0.593. The lowest BCUT2D eigenvalue weighted by atomic mass is 9.80. The Morgan fingerprint density at radius 1 is 1.32 bits per heavy atom. The first-order valence-electron chi connectivity index (χ1n) is 6.48. The number of benzene rings is 1. The number of aromatic nitrogens is 4. The van der Waals surface area contributed by atoms with Crippen molar-refractivity contribution in [2.24, 2.45) is 0 Å². The van der Waals surface area contributed by atoms with Gasteiger partial charge in [-0.25, -0.2) is 0 Å². The maximum atomic E-state index is 10.1. The fourth-order valence-electron chi connectivity index (χ4n) is 2.16. The molecule has 0 unspecified atom stereocenters. The van der Waals surface area contributed by atoms with Crippen molar-refractivity contribution in [1.82, 2.24) is 20.2 Å². The number of nitrogens with zero attached hydrogens (tertiary/aromatic N) is 4. The number of hydrogen-bond acceptors (Lipinski definition) is 5. The molecule has 1 heterocycles. The third kappa shape index (κ3) is 2.44. The highest BCUT2D eigenvalue weighted by Crippen LogP contribution is 2.31. The monoisotopic (exact) mass is 259 g/mol. The highest BCUT2D eigenvalue weighted by atomic mass is 16.3. The molecule has 0 atom stereocenters. The van der Waals surface area contributed by atoms with Crippen molar-refractivity contribution in [1.29, 1.82) is 0 Å². The van der Waals surface area contributed by atoms with Crippen LogP contribution in [0.25, 0.3) is 5.69 Å². The summed E-state index contributed by atoms with van der Waals surface area (Å²) in [4.78, 5) is 0. The highest BCUT2D eigenvalue weighted by Gasteiger charge is 2.34.